The van der Waals surface area contributed by atoms with Crippen LogP contribution in [0.1, 0.15) is 31.9 Å². The summed E-state index contributed by atoms with van der Waals surface area (Å²) in [4.78, 5) is 14.0. The van der Waals surface area contributed by atoms with E-state index in [1.807, 2.05) is 39.0 Å². The largest absolute Gasteiger partial charge is 0.504 e. The van der Waals surface area contributed by atoms with Gasteiger partial charge in [0.25, 0.3) is 0 Å². The number of methoxy groups -OCH3 is 1. The van der Waals surface area contributed by atoms with Crippen molar-refractivity contribution in [2.45, 2.75) is 39.5 Å². The maximum Gasteiger partial charge on any atom is 0.410 e. The summed E-state index contributed by atoms with van der Waals surface area (Å²) >= 11 is 0. The molecule has 1 aliphatic rings. The predicted octanol–water partition coefficient (Wildman–Crippen LogP) is 3.85. The molecule has 0 fully saturated rings. The van der Waals surface area contributed by atoms with E-state index >= 15 is 0 Å². The lowest BCUT2D eigenvalue weighted by atomic mass is 10.1. The van der Waals surface area contributed by atoms with E-state index in [1.54, 1.807) is 4.90 Å². The lowest BCUT2D eigenvalue weighted by Crippen LogP contribution is -2.37. The molecule has 8 nitrogen and oxygen atoms in total. The second-order valence-electron chi connectivity index (χ2n) is 8.09. The number of amides is 1. The number of fused-ring (bicyclic) bond motifs is 1. The Morgan fingerprint density at radius 3 is 2.53 bits per heavy atom. The highest BCUT2D eigenvalue weighted by Gasteiger charge is 2.25. The SMILES string of the molecule is COc1c(O)cc(CNc2ccc3c(c2)OCCN(C(=O)OC(C)(C)C)C3)cc1O. The van der Waals surface area contributed by atoms with Crippen molar-refractivity contribution < 1.29 is 29.2 Å². The van der Waals surface area contributed by atoms with Gasteiger partial charge in [0.2, 0.25) is 5.75 Å². The monoisotopic (exact) mass is 416 g/mol. The number of ether oxygens (including phenoxy) is 3. The Bertz CT molecular complexity index is 899. The number of carbonyl (C=O) groups is 1. The minimum absolute atomic E-state index is 0.0479. The Kier molecular flexibility index (Phi) is 6.14. The number of nitrogens with zero attached hydrogens (tertiary/aromatic N) is 1. The summed E-state index contributed by atoms with van der Waals surface area (Å²) < 4.78 is 16.2. The minimum Gasteiger partial charge on any atom is -0.504 e. The molecule has 0 unspecified atom stereocenters. The van der Waals surface area contributed by atoms with Crippen LogP contribution in [0.2, 0.25) is 0 Å². The highest BCUT2D eigenvalue weighted by Crippen LogP contribution is 2.37. The van der Waals surface area contributed by atoms with Crippen LogP contribution < -0.4 is 14.8 Å². The molecule has 2 aromatic carbocycles. The number of anilines is 1. The predicted molar refractivity (Wildman–Crippen MR) is 112 cm³/mol. The summed E-state index contributed by atoms with van der Waals surface area (Å²) in [6.45, 7) is 7.12. The molecule has 162 valence electrons. The first-order valence-electron chi connectivity index (χ1n) is 9.72. The number of rotatable bonds is 4. The first kappa shape index (κ1) is 21.4. The quantitative estimate of drug-likeness (QED) is 0.696. The number of aromatic hydroxyl groups is 2. The molecular formula is C22H28N2O6. The highest BCUT2D eigenvalue weighted by molar-refractivity contribution is 5.68. The van der Waals surface area contributed by atoms with Gasteiger partial charge >= 0.3 is 6.09 Å². The van der Waals surface area contributed by atoms with E-state index in [2.05, 4.69) is 5.32 Å². The number of benzene rings is 2. The zero-order chi connectivity index (χ0) is 21.9. The van der Waals surface area contributed by atoms with Crippen molar-refractivity contribution in [3.05, 3.63) is 41.5 Å². The Morgan fingerprint density at radius 2 is 1.90 bits per heavy atom. The molecule has 3 N–H and O–H groups in total. The summed E-state index contributed by atoms with van der Waals surface area (Å²) in [6.07, 6.45) is -0.361. The summed E-state index contributed by atoms with van der Waals surface area (Å²) in [5.41, 5.74) is 1.85. The third kappa shape index (κ3) is 5.20. The zero-order valence-electron chi connectivity index (χ0n) is 17.7. The molecule has 0 saturated carbocycles. The lowest BCUT2D eigenvalue weighted by molar-refractivity contribution is 0.0225. The van der Waals surface area contributed by atoms with Crippen molar-refractivity contribution in [1.29, 1.82) is 0 Å². The number of nitrogens with one attached hydrogen (secondary N) is 1. The summed E-state index contributed by atoms with van der Waals surface area (Å²) in [5, 5.41) is 23.1. The van der Waals surface area contributed by atoms with Gasteiger partial charge in [0, 0.05) is 23.9 Å². The third-order valence-electron chi connectivity index (χ3n) is 4.51. The second-order valence-corrected chi connectivity index (χ2v) is 8.09. The van der Waals surface area contributed by atoms with Gasteiger partial charge in [-0.25, -0.2) is 4.79 Å². The van der Waals surface area contributed by atoms with Crippen LogP contribution in [0.15, 0.2) is 30.3 Å². The molecule has 30 heavy (non-hydrogen) atoms. The molecule has 0 aliphatic carbocycles. The van der Waals surface area contributed by atoms with Crippen molar-refractivity contribution in [3.8, 4) is 23.0 Å². The molecule has 2 aromatic rings. The van der Waals surface area contributed by atoms with Crippen LogP contribution in [0.4, 0.5) is 10.5 Å². The fourth-order valence-electron chi connectivity index (χ4n) is 3.13. The molecule has 0 atom stereocenters. The van der Waals surface area contributed by atoms with Crippen molar-refractivity contribution in [2.24, 2.45) is 0 Å². The number of carbonyl (C=O) groups excluding carboxylic acids is 1. The number of phenolic OH excluding ortho intramolecular Hbond substituents is 2. The van der Waals surface area contributed by atoms with Crippen LogP contribution in [-0.2, 0) is 17.8 Å². The van der Waals surface area contributed by atoms with Crippen LogP contribution in [0.25, 0.3) is 0 Å². The molecule has 0 spiro atoms. The average Bonchev–Trinajstić information content (AvgIpc) is 2.87. The Hall–Kier alpha value is -3.29. The zero-order valence-corrected chi connectivity index (χ0v) is 17.7. The summed E-state index contributed by atoms with van der Waals surface area (Å²) in [6, 6.07) is 8.74. The van der Waals surface area contributed by atoms with Gasteiger partial charge in [0.15, 0.2) is 11.5 Å². The smallest absolute Gasteiger partial charge is 0.410 e. The van der Waals surface area contributed by atoms with Gasteiger partial charge in [-0.15, -0.1) is 0 Å². The van der Waals surface area contributed by atoms with E-state index in [0.29, 0.717) is 37.6 Å². The van der Waals surface area contributed by atoms with Gasteiger partial charge in [-0.1, -0.05) is 6.07 Å². The van der Waals surface area contributed by atoms with Gasteiger partial charge in [0.05, 0.1) is 20.2 Å². The van der Waals surface area contributed by atoms with E-state index in [0.717, 1.165) is 11.3 Å². The second kappa shape index (κ2) is 8.61. The normalized spacial score (nSPS) is 13.7. The van der Waals surface area contributed by atoms with Crippen molar-refractivity contribution in [1.82, 2.24) is 4.90 Å². The molecule has 8 heteroatoms. The van der Waals surface area contributed by atoms with Crippen LogP contribution in [0.5, 0.6) is 23.0 Å². The van der Waals surface area contributed by atoms with E-state index in [9.17, 15) is 15.0 Å². The van der Waals surface area contributed by atoms with Gasteiger partial charge < -0.3 is 34.6 Å². The van der Waals surface area contributed by atoms with Gasteiger partial charge in [-0.05, 0) is 44.5 Å². The van der Waals surface area contributed by atoms with E-state index in [4.69, 9.17) is 14.2 Å². The van der Waals surface area contributed by atoms with Crippen LogP contribution in [-0.4, -0.2) is 47.1 Å². The fraction of sp³-hybridized carbons (Fsp3) is 0.409. The molecule has 3 rings (SSSR count). The number of hydrogen-bond acceptors (Lipinski definition) is 7. The fourth-order valence-corrected chi connectivity index (χ4v) is 3.13. The first-order valence-corrected chi connectivity index (χ1v) is 9.72. The molecule has 1 amide bonds. The summed E-state index contributed by atoms with van der Waals surface area (Å²) in [5.74, 6) is 0.502. The Labute approximate surface area is 176 Å². The molecule has 0 bridgehead atoms. The van der Waals surface area contributed by atoms with Gasteiger partial charge in [0.1, 0.15) is 18.0 Å². The topological polar surface area (TPSA) is 100 Å². The Balaban J connectivity index is 1.68. The average molecular weight is 416 g/mol. The molecule has 1 aliphatic heterocycles. The molecular weight excluding hydrogens is 388 g/mol. The number of hydrogen-bond donors (Lipinski definition) is 3. The maximum atomic E-state index is 12.4. The summed E-state index contributed by atoms with van der Waals surface area (Å²) in [7, 11) is 1.38. The first-order chi connectivity index (χ1) is 14.2. The van der Waals surface area contributed by atoms with Crippen LogP contribution in [0, 0.1) is 0 Å². The third-order valence-corrected chi connectivity index (χ3v) is 4.51. The van der Waals surface area contributed by atoms with E-state index in [-0.39, 0.29) is 23.3 Å². The molecule has 0 radical (unpaired) electrons. The number of phenols is 2. The van der Waals surface area contributed by atoms with Crippen LogP contribution >= 0.6 is 0 Å². The molecule has 0 saturated heterocycles. The van der Waals surface area contributed by atoms with Crippen LogP contribution in [0.3, 0.4) is 0 Å². The standard InChI is InChI=1S/C22H28N2O6/c1-22(2,3)30-21(27)24-7-8-29-19-11-16(6-5-15(19)13-24)23-12-14-9-17(25)20(28-4)18(26)10-14/h5-6,9-11,23,25-26H,7-8,12-13H2,1-4H3. The van der Waals surface area contributed by atoms with Gasteiger partial charge in [-0.2, -0.15) is 0 Å². The van der Waals surface area contributed by atoms with Gasteiger partial charge in [-0.3, -0.25) is 0 Å². The van der Waals surface area contributed by atoms with Crippen molar-refractivity contribution >= 4 is 11.8 Å². The van der Waals surface area contributed by atoms with Crippen molar-refractivity contribution in [2.75, 3.05) is 25.6 Å². The minimum atomic E-state index is -0.550. The van der Waals surface area contributed by atoms with E-state index < -0.39 is 5.60 Å². The molecule has 1 heterocycles. The lowest BCUT2D eigenvalue weighted by Gasteiger charge is -2.26. The Morgan fingerprint density at radius 1 is 1.20 bits per heavy atom. The highest BCUT2D eigenvalue weighted by atomic mass is 16.6. The van der Waals surface area contributed by atoms with Crippen molar-refractivity contribution in [3.63, 3.8) is 0 Å². The molecule has 0 aromatic heterocycles. The maximum absolute atomic E-state index is 12.4. The van der Waals surface area contributed by atoms with E-state index in [1.165, 1.54) is 19.2 Å².